The molecule has 0 saturated carbocycles. The van der Waals surface area contributed by atoms with Gasteiger partial charge in [-0.3, -0.25) is 9.59 Å². The Labute approximate surface area is 105 Å². The molecule has 0 radical (unpaired) electrons. The van der Waals surface area contributed by atoms with Gasteiger partial charge in [-0.25, -0.2) is 0 Å². The number of nitrogens with one attached hydrogen (secondary N) is 1. The highest BCUT2D eigenvalue weighted by atomic mass is 16.4. The Hall–Kier alpha value is -1.66. The lowest BCUT2D eigenvalue weighted by molar-refractivity contribution is -0.138. The molecule has 1 atom stereocenters. The van der Waals surface area contributed by atoms with Gasteiger partial charge in [-0.15, -0.1) is 0 Å². The van der Waals surface area contributed by atoms with E-state index in [9.17, 15) is 9.59 Å². The molecule has 4 N–H and O–H groups in total. The Kier molecular flexibility index (Phi) is 6.10. The maximum Gasteiger partial charge on any atom is 0.320 e. The van der Waals surface area contributed by atoms with E-state index in [0.29, 0.717) is 18.7 Å². The van der Waals surface area contributed by atoms with Crippen molar-refractivity contribution in [1.29, 1.82) is 0 Å². The number of carbonyl (C=O) groups excluding carboxylic acids is 1. The van der Waals surface area contributed by atoms with E-state index in [4.69, 9.17) is 15.3 Å². The predicted octanol–water partition coefficient (Wildman–Crippen LogP) is 0.634. The first-order chi connectivity index (χ1) is 8.61. The largest absolute Gasteiger partial charge is 0.480 e. The summed E-state index contributed by atoms with van der Waals surface area (Å²) in [6.07, 6.45) is 3.41. The molecule has 0 aliphatic carbocycles. The van der Waals surface area contributed by atoms with Crippen LogP contribution in [0.25, 0.3) is 0 Å². The summed E-state index contributed by atoms with van der Waals surface area (Å²) < 4.78 is 4.96. The number of carboxylic acid groups (broad SMARTS) is 1. The summed E-state index contributed by atoms with van der Waals surface area (Å²) in [6, 6.07) is 2.49. The summed E-state index contributed by atoms with van der Waals surface area (Å²) in [5.41, 5.74) is 5.36. The number of unbranched alkanes of at least 4 members (excludes halogenated alkanes) is 1. The van der Waals surface area contributed by atoms with E-state index in [1.165, 1.54) is 6.26 Å². The van der Waals surface area contributed by atoms with Crippen LogP contribution in [-0.4, -0.2) is 36.0 Å². The number of ketones is 1. The third kappa shape index (κ3) is 5.11. The topological polar surface area (TPSA) is 106 Å². The van der Waals surface area contributed by atoms with Gasteiger partial charge in [0.1, 0.15) is 6.04 Å². The van der Waals surface area contributed by atoms with Crippen LogP contribution in [0.15, 0.2) is 22.8 Å². The molecule has 0 aliphatic heterocycles. The molecule has 0 fully saturated rings. The number of carbonyl (C=O) groups is 2. The summed E-state index contributed by atoms with van der Waals surface area (Å²) >= 11 is 0. The number of hydrogen-bond acceptors (Lipinski definition) is 5. The summed E-state index contributed by atoms with van der Waals surface area (Å²) in [4.78, 5) is 21.9. The highest BCUT2D eigenvalue weighted by Gasteiger charge is 2.10. The number of furan rings is 1. The van der Waals surface area contributed by atoms with E-state index >= 15 is 0 Å². The molecule has 0 amide bonds. The maximum absolute atomic E-state index is 11.5. The van der Waals surface area contributed by atoms with Crippen molar-refractivity contribution >= 4 is 11.8 Å². The fourth-order valence-electron chi connectivity index (χ4n) is 1.46. The van der Waals surface area contributed by atoms with Gasteiger partial charge in [-0.1, -0.05) is 6.42 Å². The van der Waals surface area contributed by atoms with Crippen LogP contribution in [-0.2, 0) is 4.79 Å². The minimum absolute atomic E-state index is 0.0952. The fraction of sp³-hybridized carbons (Fsp3) is 0.500. The van der Waals surface area contributed by atoms with Crippen molar-refractivity contribution in [2.75, 3.05) is 13.1 Å². The first-order valence-corrected chi connectivity index (χ1v) is 5.87. The Balaban J connectivity index is 2.02. The average Bonchev–Trinajstić information content (AvgIpc) is 2.86. The molecule has 0 aromatic carbocycles. The summed E-state index contributed by atoms with van der Waals surface area (Å²) in [5.74, 6) is -0.728. The number of rotatable bonds is 9. The van der Waals surface area contributed by atoms with Gasteiger partial charge < -0.3 is 20.6 Å². The van der Waals surface area contributed by atoms with Gasteiger partial charge in [0.25, 0.3) is 0 Å². The van der Waals surface area contributed by atoms with Crippen molar-refractivity contribution < 1.29 is 19.1 Å². The van der Waals surface area contributed by atoms with E-state index in [2.05, 4.69) is 5.32 Å². The van der Waals surface area contributed by atoms with Gasteiger partial charge in [0.05, 0.1) is 12.8 Å². The zero-order valence-electron chi connectivity index (χ0n) is 10.1. The van der Waals surface area contributed by atoms with Crippen molar-refractivity contribution in [3.05, 3.63) is 24.2 Å². The van der Waals surface area contributed by atoms with Crippen LogP contribution >= 0.6 is 0 Å². The minimum atomic E-state index is -0.976. The van der Waals surface area contributed by atoms with Gasteiger partial charge in [0.15, 0.2) is 5.76 Å². The molecule has 100 valence electrons. The highest BCUT2D eigenvalue weighted by Crippen LogP contribution is 2.01. The second kappa shape index (κ2) is 7.62. The standard InChI is InChI=1S/C12H18N2O4/c13-9(12(16)17)4-1-2-6-14-8-10(15)11-5-3-7-18-11/h3,5,7,9,14H,1-2,4,6,8,13H2,(H,16,17). The Morgan fingerprint density at radius 1 is 1.44 bits per heavy atom. The van der Waals surface area contributed by atoms with Crippen molar-refractivity contribution in [1.82, 2.24) is 5.32 Å². The maximum atomic E-state index is 11.5. The first-order valence-electron chi connectivity index (χ1n) is 5.87. The summed E-state index contributed by atoms with van der Waals surface area (Å²) in [6.45, 7) is 0.872. The minimum Gasteiger partial charge on any atom is -0.480 e. The second-order valence-corrected chi connectivity index (χ2v) is 4.02. The van der Waals surface area contributed by atoms with Gasteiger partial charge in [0.2, 0.25) is 5.78 Å². The molecule has 6 heteroatoms. The van der Waals surface area contributed by atoms with Crippen LogP contribution in [0.5, 0.6) is 0 Å². The van der Waals surface area contributed by atoms with E-state index in [1.54, 1.807) is 12.1 Å². The van der Waals surface area contributed by atoms with Gasteiger partial charge in [-0.2, -0.15) is 0 Å². The lowest BCUT2D eigenvalue weighted by Gasteiger charge is -2.06. The predicted molar refractivity (Wildman–Crippen MR) is 65.4 cm³/mol. The van der Waals surface area contributed by atoms with Crippen LogP contribution < -0.4 is 11.1 Å². The van der Waals surface area contributed by atoms with E-state index in [-0.39, 0.29) is 12.3 Å². The lowest BCUT2D eigenvalue weighted by atomic mass is 10.1. The van der Waals surface area contributed by atoms with Crippen LogP contribution in [0.1, 0.15) is 29.8 Å². The van der Waals surface area contributed by atoms with Crippen LogP contribution in [0, 0.1) is 0 Å². The molecule has 0 saturated heterocycles. The van der Waals surface area contributed by atoms with Gasteiger partial charge in [0, 0.05) is 0 Å². The molecule has 18 heavy (non-hydrogen) atoms. The van der Waals surface area contributed by atoms with Crippen molar-refractivity contribution in [3.63, 3.8) is 0 Å². The quantitative estimate of drug-likeness (QED) is 0.441. The molecule has 0 bridgehead atoms. The molecule has 1 unspecified atom stereocenters. The third-order valence-corrected chi connectivity index (χ3v) is 2.52. The average molecular weight is 254 g/mol. The molecule has 0 spiro atoms. The first kappa shape index (κ1) is 14.4. The molecular formula is C12H18N2O4. The summed E-state index contributed by atoms with van der Waals surface area (Å²) in [5, 5.41) is 11.5. The molecule has 1 aromatic rings. The van der Waals surface area contributed by atoms with Gasteiger partial charge in [-0.05, 0) is 31.5 Å². The van der Waals surface area contributed by atoms with E-state index < -0.39 is 12.0 Å². The van der Waals surface area contributed by atoms with Crippen LogP contribution in [0.2, 0.25) is 0 Å². The van der Waals surface area contributed by atoms with Crippen molar-refractivity contribution in [3.8, 4) is 0 Å². The molecule has 0 aliphatic rings. The fourth-order valence-corrected chi connectivity index (χ4v) is 1.46. The second-order valence-electron chi connectivity index (χ2n) is 4.02. The number of hydrogen-bond donors (Lipinski definition) is 3. The molecule has 6 nitrogen and oxygen atoms in total. The van der Waals surface area contributed by atoms with Crippen molar-refractivity contribution in [2.24, 2.45) is 5.73 Å². The monoisotopic (exact) mass is 254 g/mol. The van der Waals surface area contributed by atoms with E-state index in [0.717, 1.165) is 12.8 Å². The molecule has 1 aromatic heterocycles. The number of nitrogens with two attached hydrogens (primary N) is 1. The molecular weight excluding hydrogens is 236 g/mol. The summed E-state index contributed by atoms with van der Waals surface area (Å²) in [7, 11) is 0. The zero-order valence-corrected chi connectivity index (χ0v) is 10.1. The Morgan fingerprint density at radius 2 is 2.22 bits per heavy atom. The zero-order chi connectivity index (χ0) is 13.4. The van der Waals surface area contributed by atoms with Crippen LogP contribution in [0.3, 0.4) is 0 Å². The highest BCUT2D eigenvalue weighted by molar-refractivity contribution is 5.94. The lowest BCUT2D eigenvalue weighted by Crippen LogP contribution is -2.30. The van der Waals surface area contributed by atoms with Crippen LogP contribution in [0.4, 0.5) is 0 Å². The number of carboxylic acids is 1. The Bertz CT molecular complexity index is 375. The SMILES string of the molecule is NC(CCCCNCC(=O)c1ccco1)C(=O)O. The van der Waals surface area contributed by atoms with Gasteiger partial charge >= 0.3 is 5.97 Å². The number of aliphatic carboxylic acids is 1. The Morgan fingerprint density at radius 3 is 2.83 bits per heavy atom. The third-order valence-electron chi connectivity index (χ3n) is 2.52. The van der Waals surface area contributed by atoms with Crippen molar-refractivity contribution in [2.45, 2.75) is 25.3 Å². The van der Waals surface area contributed by atoms with E-state index in [1.807, 2.05) is 0 Å². The number of Topliss-reactive ketones (excluding diaryl/α,β-unsaturated/α-hetero) is 1. The smallest absolute Gasteiger partial charge is 0.320 e. The normalized spacial score (nSPS) is 12.3. The molecule has 1 heterocycles. The molecule has 1 rings (SSSR count).